The van der Waals surface area contributed by atoms with E-state index in [1.165, 1.54) is 37.2 Å². The number of nitrogens with zero attached hydrogens (tertiary/aromatic N) is 2. The molecule has 0 amide bonds. The van der Waals surface area contributed by atoms with Gasteiger partial charge in [0.2, 0.25) is 0 Å². The highest BCUT2D eigenvalue weighted by Gasteiger charge is 2.20. The summed E-state index contributed by atoms with van der Waals surface area (Å²) >= 11 is 0. The Morgan fingerprint density at radius 2 is 2.44 bits per heavy atom. The van der Waals surface area contributed by atoms with Crippen LogP contribution in [-0.4, -0.2) is 31.7 Å². The highest BCUT2D eigenvalue weighted by Crippen LogP contribution is 2.24. The minimum absolute atomic E-state index is 0.784. The third kappa shape index (κ3) is 2.53. The lowest BCUT2D eigenvalue weighted by Gasteiger charge is -2.35. The van der Waals surface area contributed by atoms with Crippen LogP contribution >= 0.6 is 0 Å². The van der Waals surface area contributed by atoms with Gasteiger partial charge in [0.25, 0.3) is 0 Å². The van der Waals surface area contributed by atoms with Gasteiger partial charge in [-0.2, -0.15) is 0 Å². The largest absolute Gasteiger partial charge is 0.371 e. The maximum absolute atomic E-state index is 4.16. The van der Waals surface area contributed by atoms with Gasteiger partial charge in [-0.15, -0.1) is 0 Å². The van der Waals surface area contributed by atoms with Crippen molar-refractivity contribution in [2.45, 2.75) is 19.8 Å². The highest BCUT2D eigenvalue weighted by molar-refractivity contribution is 5.51. The number of aryl methyl sites for hydroxylation is 1. The van der Waals surface area contributed by atoms with E-state index in [2.05, 4.69) is 28.2 Å². The molecule has 3 nitrogen and oxygen atoms in total. The summed E-state index contributed by atoms with van der Waals surface area (Å²) < 4.78 is 0. The van der Waals surface area contributed by atoms with Crippen molar-refractivity contribution in [1.82, 2.24) is 10.3 Å². The predicted octanol–water partition coefficient (Wildman–Crippen LogP) is 1.83. The normalized spacial score (nSPS) is 21.1. The van der Waals surface area contributed by atoms with E-state index < -0.39 is 0 Å². The second-order valence-corrected chi connectivity index (χ2v) is 4.67. The molecule has 1 aliphatic rings. The van der Waals surface area contributed by atoms with E-state index in [9.17, 15) is 0 Å². The fraction of sp³-hybridized carbons (Fsp3) is 0.615. The second kappa shape index (κ2) is 5.30. The Hall–Kier alpha value is -1.09. The smallest absolute Gasteiger partial charge is 0.0426 e. The number of anilines is 1. The van der Waals surface area contributed by atoms with Crippen LogP contribution in [0, 0.1) is 12.8 Å². The minimum Gasteiger partial charge on any atom is -0.371 e. The first-order valence-electron chi connectivity index (χ1n) is 6.11. The van der Waals surface area contributed by atoms with Crippen LogP contribution in [0.5, 0.6) is 0 Å². The van der Waals surface area contributed by atoms with E-state index >= 15 is 0 Å². The average Bonchev–Trinajstić information content (AvgIpc) is 2.30. The highest BCUT2D eigenvalue weighted by atomic mass is 15.1. The Bertz CT molecular complexity index is 336. The molecule has 0 aliphatic carbocycles. The van der Waals surface area contributed by atoms with E-state index in [0.29, 0.717) is 0 Å². The van der Waals surface area contributed by atoms with Crippen LogP contribution < -0.4 is 10.2 Å². The topological polar surface area (TPSA) is 28.2 Å². The van der Waals surface area contributed by atoms with Crippen LogP contribution in [0.2, 0.25) is 0 Å². The maximum Gasteiger partial charge on any atom is 0.0426 e. The van der Waals surface area contributed by atoms with Crippen LogP contribution in [0.25, 0.3) is 0 Å². The van der Waals surface area contributed by atoms with Gasteiger partial charge < -0.3 is 10.2 Å². The Morgan fingerprint density at radius 1 is 1.56 bits per heavy atom. The van der Waals surface area contributed by atoms with E-state index in [0.717, 1.165) is 12.5 Å². The average molecular weight is 219 g/mol. The Balaban J connectivity index is 2.07. The molecule has 1 aromatic rings. The van der Waals surface area contributed by atoms with E-state index in [4.69, 9.17) is 0 Å². The molecule has 2 heterocycles. The lowest BCUT2D eigenvalue weighted by molar-refractivity contribution is 0.402. The molecule has 3 heteroatoms. The quantitative estimate of drug-likeness (QED) is 0.840. The van der Waals surface area contributed by atoms with Crippen LogP contribution in [-0.2, 0) is 0 Å². The summed E-state index contributed by atoms with van der Waals surface area (Å²) in [5.74, 6) is 0.784. The monoisotopic (exact) mass is 219 g/mol. The van der Waals surface area contributed by atoms with Gasteiger partial charge in [-0.3, -0.25) is 4.98 Å². The summed E-state index contributed by atoms with van der Waals surface area (Å²) in [7, 11) is 2.04. The Labute approximate surface area is 97.9 Å². The van der Waals surface area contributed by atoms with Gasteiger partial charge in [-0.25, -0.2) is 0 Å². The van der Waals surface area contributed by atoms with Crippen LogP contribution in [0.4, 0.5) is 5.69 Å². The van der Waals surface area contributed by atoms with Crippen molar-refractivity contribution in [3.05, 3.63) is 24.0 Å². The molecular weight excluding hydrogens is 198 g/mol. The summed E-state index contributed by atoms with van der Waals surface area (Å²) in [6.45, 7) is 5.63. The molecule has 1 saturated heterocycles. The molecule has 1 N–H and O–H groups in total. The van der Waals surface area contributed by atoms with E-state index in [1.807, 2.05) is 19.4 Å². The van der Waals surface area contributed by atoms with Gasteiger partial charge in [-0.05, 0) is 50.9 Å². The lowest BCUT2D eigenvalue weighted by Crippen LogP contribution is -2.39. The number of rotatable bonds is 3. The fourth-order valence-electron chi connectivity index (χ4n) is 2.56. The van der Waals surface area contributed by atoms with Gasteiger partial charge in [0, 0.05) is 31.2 Å². The third-order valence-corrected chi connectivity index (χ3v) is 3.34. The minimum atomic E-state index is 0.784. The van der Waals surface area contributed by atoms with E-state index in [-0.39, 0.29) is 0 Å². The molecule has 0 aromatic carbocycles. The summed E-state index contributed by atoms with van der Waals surface area (Å²) in [5.41, 5.74) is 2.64. The van der Waals surface area contributed by atoms with Crippen LogP contribution in [0.15, 0.2) is 18.5 Å². The lowest BCUT2D eigenvalue weighted by atomic mass is 9.97. The number of hydrogen-bond acceptors (Lipinski definition) is 3. The first-order valence-corrected chi connectivity index (χ1v) is 6.11. The molecule has 88 valence electrons. The van der Waals surface area contributed by atoms with E-state index in [1.54, 1.807) is 0 Å². The molecule has 0 saturated carbocycles. The molecule has 1 fully saturated rings. The second-order valence-electron chi connectivity index (χ2n) is 4.67. The zero-order valence-electron chi connectivity index (χ0n) is 10.2. The summed E-state index contributed by atoms with van der Waals surface area (Å²) in [4.78, 5) is 6.66. The molecule has 16 heavy (non-hydrogen) atoms. The zero-order chi connectivity index (χ0) is 11.4. The van der Waals surface area contributed by atoms with Crippen molar-refractivity contribution in [2.75, 3.05) is 31.6 Å². The molecule has 2 rings (SSSR count). The first kappa shape index (κ1) is 11.4. The van der Waals surface area contributed by atoms with Gasteiger partial charge in [0.1, 0.15) is 0 Å². The number of nitrogens with one attached hydrogen (secondary N) is 1. The summed E-state index contributed by atoms with van der Waals surface area (Å²) in [5, 5.41) is 3.29. The molecule has 1 aliphatic heterocycles. The first-order chi connectivity index (χ1) is 7.81. The molecule has 1 unspecified atom stereocenters. The molecule has 0 bridgehead atoms. The van der Waals surface area contributed by atoms with Crippen LogP contribution in [0.3, 0.4) is 0 Å². The molecule has 0 spiro atoms. The van der Waals surface area contributed by atoms with Crippen molar-refractivity contribution < 1.29 is 0 Å². The van der Waals surface area contributed by atoms with Gasteiger partial charge in [-0.1, -0.05) is 0 Å². The number of piperidine rings is 1. The van der Waals surface area contributed by atoms with Crippen molar-refractivity contribution in [1.29, 1.82) is 0 Å². The summed E-state index contributed by atoms with van der Waals surface area (Å²) in [6.07, 6.45) is 6.50. The van der Waals surface area contributed by atoms with Gasteiger partial charge >= 0.3 is 0 Å². The standard InChI is InChI=1S/C13H21N3/c1-11-8-15-6-5-13(11)16-7-3-4-12(10-16)9-14-2/h5-6,8,12,14H,3-4,7,9-10H2,1-2H3. The van der Waals surface area contributed by atoms with Crippen molar-refractivity contribution in [3.63, 3.8) is 0 Å². The van der Waals surface area contributed by atoms with Crippen molar-refractivity contribution >= 4 is 5.69 Å². The number of aromatic nitrogens is 1. The Morgan fingerprint density at radius 3 is 3.19 bits per heavy atom. The maximum atomic E-state index is 4.16. The van der Waals surface area contributed by atoms with Crippen LogP contribution in [0.1, 0.15) is 18.4 Å². The van der Waals surface area contributed by atoms with Gasteiger partial charge in [0.05, 0.1) is 0 Å². The summed E-state index contributed by atoms with van der Waals surface area (Å²) in [6, 6.07) is 2.14. The number of pyridine rings is 1. The van der Waals surface area contributed by atoms with Crippen molar-refractivity contribution in [2.24, 2.45) is 5.92 Å². The third-order valence-electron chi connectivity index (χ3n) is 3.34. The Kier molecular flexibility index (Phi) is 3.78. The van der Waals surface area contributed by atoms with Gasteiger partial charge in [0.15, 0.2) is 0 Å². The zero-order valence-corrected chi connectivity index (χ0v) is 10.2. The molecule has 1 atom stereocenters. The molecule has 0 radical (unpaired) electrons. The fourth-order valence-corrected chi connectivity index (χ4v) is 2.56. The predicted molar refractivity (Wildman–Crippen MR) is 67.8 cm³/mol. The van der Waals surface area contributed by atoms with Crippen molar-refractivity contribution in [3.8, 4) is 0 Å². The molecule has 1 aromatic heterocycles. The number of hydrogen-bond donors (Lipinski definition) is 1. The SMILES string of the molecule is CNCC1CCCN(c2ccncc2C)C1. The molecular formula is C13H21N3.